The second-order valence-corrected chi connectivity index (χ2v) is 5.70. The number of hydrogen-bond donors (Lipinski definition) is 1. The zero-order valence-electron chi connectivity index (χ0n) is 10.00. The number of nitrogens with one attached hydrogen (secondary N) is 1. The summed E-state index contributed by atoms with van der Waals surface area (Å²) in [5.74, 6) is 0.412. The Labute approximate surface area is 116 Å². The standard InChI is InChI=1S/C12H11ClN2O3S/c1-18-10-4-2-3-5-11(10)19(16,17)15-12-8-9(13)6-7-14-12/h2-8H,1H3,(H,14,15). The Kier molecular flexibility index (Phi) is 3.92. The molecule has 5 nitrogen and oxygen atoms in total. The fourth-order valence-electron chi connectivity index (χ4n) is 1.49. The molecule has 1 N–H and O–H groups in total. The van der Waals surface area contributed by atoms with Crippen molar-refractivity contribution in [3.8, 4) is 5.75 Å². The zero-order chi connectivity index (χ0) is 13.9. The summed E-state index contributed by atoms with van der Waals surface area (Å²) in [5.41, 5.74) is 0. The predicted octanol–water partition coefficient (Wildman–Crippen LogP) is 2.54. The van der Waals surface area contributed by atoms with Gasteiger partial charge in [-0.05, 0) is 18.2 Å². The number of para-hydroxylation sites is 1. The van der Waals surface area contributed by atoms with Gasteiger partial charge in [0.15, 0.2) is 0 Å². The maximum Gasteiger partial charge on any atom is 0.266 e. The number of nitrogens with zero attached hydrogens (tertiary/aromatic N) is 1. The van der Waals surface area contributed by atoms with Crippen LogP contribution in [-0.2, 0) is 10.0 Å². The lowest BCUT2D eigenvalue weighted by molar-refractivity contribution is 0.403. The molecule has 0 atom stereocenters. The van der Waals surface area contributed by atoms with Gasteiger partial charge in [-0.2, -0.15) is 0 Å². The van der Waals surface area contributed by atoms with Crippen LogP contribution in [0.3, 0.4) is 0 Å². The first-order valence-electron chi connectivity index (χ1n) is 5.30. The van der Waals surface area contributed by atoms with E-state index in [1.54, 1.807) is 24.3 Å². The highest BCUT2D eigenvalue weighted by molar-refractivity contribution is 7.92. The molecule has 0 aliphatic heterocycles. The van der Waals surface area contributed by atoms with E-state index in [-0.39, 0.29) is 16.5 Å². The lowest BCUT2D eigenvalue weighted by Crippen LogP contribution is -2.14. The summed E-state index contributed by atoms with van der Waals surface area (Å²) >= 11 is 5.78. The lowest BCUT2D eigenvalue weighted by Gasteiger charge is -2.10. The van der Waals surface area contributed by atoms with E-state index in [1.165, 1.54) is 25.4 Å². The van der Waals surface area contributed by atoms with Crippen molar-refractivity contribution in [3.63, 3.8) is 0 Å². The third kappa shape index (κ3) is 3.15. The molecule has 0 saturated carbocycles. The zero-order valence-corrected chi connectivity index (χ0v) is 11.6. The van der Waals surface area contributed by atoms with Crippen LogP contribution in [0.4, 0.5) is 5.82 Å². The van der Waals surface area contributed by atoms with Gasteiger partial charge in [0, 0.05) is 17.3 Å². The summed E-state index contributed by atoms with van der Waals surface area (Å²) in [6.45, 7) is 0. The van der Waals surface area contributed by atoms with Crippen molar-refractivity contribution in [2.24, 2.45) is 0 Å². The van der Waals surface area contributed by atoms with Gasteiger partial charge in [-0.25, -0.2) is 13.4 Å². The van der Waals surface area contributed by atoms with Crippen LogP contribution in [-0.4, -0.2) is 20.5 Å². The molecule has 0 spiro atoms. The van der Waals surface area contributed by atoms with Crippen molar-refractivity contribution < 1.29 is 13.2 Å². The van der Waals surface area contributed by atoms with Gasteiger partial charge in [-0.1, -0.05) is 23.7 Å². The molecule has 100 valence electrons. The van der Waals surface area contributed by atoms with E-state index < -0.39 is 10.0 Å². The van der Waals surface area contributed by atoms with Crippen molar-refractivity contribution in [3.05, 3.63) is 47.6 Å². The van der Waals surface area contributed by atoms with E-state index in [1.807, 2.05) is 0 Å². The molecule has 2 aromatic rings. The second kappa shape index (κ2) is 5.46. The molecule has 0 saturated heterocycles. The van der Waals surface area contributed by atoms with E-state index in [9.17, 15) is 8.42 Å². The van der Waals surface area contributed by atoms with E-state index in [4.69, 9.17) is 16.3 Å². The molecule has 0 aliphatic carbocycles. The minimum Gasteiger partial charge on any atom is -0.495 e. The molecule has 7 heteroatoms. The number of pyridine rings is 1. The number of ether oxygens (including phenoxy) is 1. The molecule has 2 rings (SSSR count). The molecule has 0 bridgehead atoms. The first kappa shape index (κ1) is 13.6. The van der Waals surface area contributed by atoms with Gasteiger partial charge in [0.05, 0.1) is 7.11 Å². The Bertz CT molecular complexity index is 689. The first-order valence-corrected chi connectivity index (χ1v) is 7.16. The van der Waals surface area contributed by atoms with Gasteiger partial charge >= 0.3 is 0 Å². The third-order valence-corrected chi connectivity index (χ3v) is 3.95. The highest BCUT2D eigenvalue weighted by Crippen LogP contribution is 2.25. The molecular formula is C12H11ClN2O3S. The molecule has 1 aromatic heterocycles. The molecule has 0 fully saturated rings. The first-order chi connectivity index (χ1) is 9.03. The van der Waals surface area contributed by atoms with Crippen molar-refractivity contribution in [2.45, 2.75) is 4.90 Å². The summed E-state index contributed by atoms with van der Waals surface area (Å²) in [5, 5.41) is 0.396. The third-order valence-electron chi connectivity index (χ3n) is 2.32. The smallest absolute Gasteiger partial charge is 0.266 e. The summed E-state index contributed by atoms with van der Waals surface area (Å²) in [6, 6.07) is 9.31. The number of methoxy groups -OCH3 is 1. The fraction of sp³-hybridized carbons (Fsp3) is 0.0833. The minimum atomic E-state index is -3.77. The SMILES string of the molecule is COc1ccccc1S(=O)(=O)Nc1cc(Cl)ccn1. The van der Waals surface area contributed by atoms with E-state index >= 15 is 0 Å². The average molecular weight is 299 g/mol. The van der Waals surface area contributed by atoms with Gasteiger partial charge in [0.2, 0.25) is 0 Å². The van der Waals surface area contributed by atoms with E-state index in [2.05, 4.69) is 9.71 Å². The van der Waals surface area contributed by atoms with Gasteiger partial charge in [0.25, 0.3) is 10.0 Å². The Hall–Kier alpha value is -1.79. The molecule has 0 amide bonds. The van der Waals surface area contributed by atoms with Crippen LogP contribution in [0.15, 0.2) is 47.5 Å². The van der Waals surface area contributed by atoms with Gasteiger partial charge in [-0.15, -0.1) is 0 Å². The van der Waals surface area contributed by atoms with Crippen LogP contribution < -0.4 is 9.46 Å². The number of benzene rings is 1. The molecule has 0 unspecified atom stereocenters. The molecular weight excluding hydrogens is 288 g/mol. The topological polar surface area (TPSA) is 68.3 Å². The van der Waals surface area contributed by atoms with Gasteiger partial charge in [-0.3, -0.25) is 4.72 Å². The summed E-state index contributed by atoms with van der Waals surface area (Å²) in [7, 11) is -2.36. The van der Waals surface area contributed by atoms with Crippen LogP contribution >= 0.6 is 11.6 Å². The minimum absolute atomic E-state index is 0.0410. The quantitative estimate of drug-likeness (QED) is 0.942. The molecule has 1 aromatic carbocycles. The van der Waals surface area contributed by atoms with Crippen molar-refractivity contribution in [1.29, 1.82) is 0 Å². The maximum absolute atomic E-state index is 12.2. The number of halogens is 1. The Morgan fingerprint density at radius 1 is 1.26 bits per heavy atom. The van der Waals surface area contributed by atoms with Crippen molar-refractivity contribution >= 4 is 27.4 Å². The normalized spacial score (nSPS) is 11.1. The molecule has 19 heavy (non-hydrogen) atoms. The van der Waals surface area contributed by atoms with E-state index in [0.717, 1.165) is 0 Å². The number of hydrogen-bond acceptors (Lipinski definition) is 4. The van der Waals surface area contributed by atoms with Crippen LogP contribution in [0.2, 0.25) is 5.02 Å². The van der Waals surface area contributed by atoms with Crippen LogP contribution in [0, 0.1) is 0 Å². The van der Waals surface area contributed by atoms with Gasteiger partial charge < -0.3 is 4.74 Å². The lowest BCUT2D eigenvalue weighted by atomic mass is 10.3. The van der Waals surface area contributed by atoms with Crippen LogP contribution in [0.25, 0.3) is 0 Å². The summed E-state index contributed by atoms with van der Waals surface area (Å²) < 4.78 is 31.8. The summed E-state index contributed by atoms with van der Waals surface area (Å²) in [4.78, 5) is 3.93. The van der Waals surface area contributed by atoms with Crippen LogP contribution in [0.1, 0.15) is 0 Å². The van der Waals surface area contributed by atoms with Crippen LogP contribution in [0.5, 0.6) is 5.75 Å². The van der Waals surface area contributed by atoms with Crippen molar-refractivity contribution in [2.75, 3.05) is 11.8 Å². The Morgan fingerprint density at radius 3 is 2.68 bits per heavy atom. The number of rotatable bonds is 4. The maximum atomic E-state index is 12.2. The monoisotopic (exact) mass is 298 g/mol. The highest BCUT2D eigenvalue weighted by atomic mass is 35.5. The number of aromatic nitrogens is 1. The number of anilines is 1. The molecule has 1 heterocycles. The average Bonchev–Trinajstić information content (AvgIpc) is 2.38. The molecule has 0 aliphatic rings. The Balaban J connectivity index is 2.38. The largest absolute Gasteiger partial charge is 0.495 e. The second-order valence-electron chi connectivity index (χ2n) is 3.62. The predicted molar refractivity (Wildman–Crippen MR) is 73.0 cm³/mol. The summed E-state index contributed by atoms with van der Waals surface area (Å²) in [6.07, 6.45) is 1.42. The van der Waals surface area contributed by atoms with Gasteiger partial charge in [0.1, 0.15) is 16.5 Å². The van der Waals surface area contributed by atoms with E-state index in [0.29, 0.717) is 5.02 Å². The highest BCUT2D eigenvalue weighted by Gasteiger charge is 2.19. The molecule has 0 radical (unpaired) electrons. The fourth-order valence-corrected chi connectivity index (χ4v) is 2.82. The van der Waals surface area contributed by atoms with Crippen molar-refractivity contribution in [1.82, 2.24) is 4.98 Å². The Morgan fingerprint density at radius 2 is 2.00 bits per heavy atom. The number of sulfonamides is 1.